The molecular weight excluding hydrogens is 236 g/mol. The number of nitrogens with zero attached hydrogens (tertiary/aromatic N) is 1. The number of sulfonamides is 1. The molecular formula is C12H14N2O2S. The molecule has 0 radical (unpaired) electrons. The molecule has 2 aromatic carbocycles. The van der Waals surface area contributed by atoms with Gasteiger partial charge in [0.15, 0.2) is 0 Å². The van der Waals surface area contributed by atoms with Crippen molar-refractivity contribution < 1.29 is 8.42 Å². The number of anilines is 1. The largest absolute Gasteiger partial charge is 0.377 e. The summed E-state index contributed by atoms with van der Waals surface area (Å²) < 4.78 is 22.6. The summed E-state index contributed by atoms with van der Waals surface area (Å²) in [5, 5.41) is 7.00. The second-order valence-corrected chi connectivity index (χ2v) is 5.66. The molecule has 0 saturated carbocycles. The van der Waals surface area contributed by atoms with E-state index in [1.54, 1.807) is 12.1 Å². The SMILES string of the molecule is CN(C)c1cccc2ccc(S(N)(=O)=O)cc12. The van der Waals surface area contributed by atoms with Crippen LogP contribution in [0.2, 0.25) is 0 Å². The standard InChI is InChI=1S/C12H14N2O2S/c1-14(2)12-5-3-4-9-6-7-10(8-11(9)12)17(13,15)16/h3-8H,1-2H3,(H2,13,15,16). The van der Waals surface area contributed by atoms with Crippen molar-refractivity contribution in [1.82, 2.24) is 0 Å². The average molecular weight is 250 g/mol. The summed E-state index contributed by atoms with van der Waals surface area (Å²) in [6.07, 6.45) is 0. The molecule has 0 aliphatic rings. The molecule has 2 aromatic rings. The molecule has 4 nitrogen and oxygen atoms in total. The summed E-state index contributed by atoms with van der Waals surface area (Å²) in [4.78, 5) is 2.08. The van der Waals surface area contributed by atoms with Crippen molar-refractivity contribution in [2.45, 2.75) is 4.90 Å². The second-order valence-electron chi connectivity index (χ2n) is 4.10. The number of hydrogen-bond donors (Lipinski definition) is 1. The Bertz CT molecular complexity index is 663. The number of rotatable bonds is 2. The third-order valence-corrected chi connectivity index (χ3v) is 3.55. The maximum absolute atomic E-state index is 11.3. The Morgan fingerprint density at radius 1 is 1.12 bits per heavy atom. The Kier molecular flexibility index (Phi) is 2.81. The van der Waals surface area contributed by atoms with Crippen molar-refractivity contribution in [2.24, 2.45) is 5.14 Å². The number of hydrogen-bond acceptors (Lipinski definition) is 3. The van der Waals surface area contributed by atoms with Crippen molar-refractivity contribution in [1.29, 1.82) is 0 Å². The highest BCUT2D eigenvalue weighted by atomic mass is 32.2. The van der Waals surface area contributed by atoms with Crippen molar-refractivity contribution in [3.63, 3.8) is 0 Å². The van der Waals surface area contributed by atoms with E-state index in [2.05, 4.69) is 0 Å². The highest BCUT2D eigenvalue weighted by Crippen LogP contribution is 2.27. The van der Waals surface area contributed by atoms with Gasteiger partial charge in [0.25, 0.3) is 0 Å². The normalized spacial score (nSPS) is 11.7. The van der Waals surface area contributed by atoms with Crippen LogP contribution in [-0.4, -0.2) is 22.5 Å². The van der Waals surface area contributed by atoms with Gasteiger partial charge in [-0.2, -0.15) is 0 Å². The predicted molar refractivity (Wildman–Crippen MR) is 69.6 cm³/mol. The first-order valence-corrected chi connectivity index (χ1v) is 6.67. The molecule has 0 amide bonds. The van der Waals surface area contributed by atoms with E-state index in [-0.39, 0.29) is 4.90 Å². The molecule has 0 aliphatic carbocycles. The van der Waals surface area contributed by atoms with E-state index in [9.17, 15) is 8.42 Å². The predicted octanol–water partition coefficient (Wildman–Crippen LogP) is 1.55. The molecule has 0 atom stereocenters. The lowest BCUT2D eigenvalue weighted by atomic mass is 10.1. The van der Waals surface area contributed by atoms with E-state index in [0.717, 1.165) is 16.5 Å². The van der Waals surface area contributed by atoms with Gasteiger partial charge in [0.1, 0.15) is 0 Å². The Morgan fingerprint density at radius 2 is 1.82 bits per heavy atom. The maximum atomic E-state index is 11.3. The molecule has 17 heavy (non-hydrogen) atoms. The van der Waals surface area contributed by atoms with Crippen molar-refractivity contribution >= 4 is 26.5 Å². The zero-order valence-corrected chi connectivity index (χ0v) is 10.5. The minimum atomic E-state index is -3.66. The Balaban J connectivity index is 2.79. The van der Waals surface area contributed by atoms with Crippen LogP contribution in [0.15, 0.2) is 41.3 Å². The van der Waals surface area contributed by atoms with E-state index in [1.165, 1.54) is 6.07 Å². The molecule has 2 N–H and O–H groups in total. The number of fused-ring (bicyclic) bond motifs is 1. The van der Waals surface area contributed by atoms with E-state index >= 15 is 0 Å². The molecule has 90 valence electrons. The Hall–Kier alpha value is -1.59. The molecule has 0 heterocycles. The lowest BCUT2D eigenvalue weighted by Crippen LogP contribution is -2.13. The van der Waals surface area contributed by atoms with Crippen molar-refractivity contribution in [3.8, 4) is 0 Å². The molecule has 0 saturated heterocycles. The van der Waals surface area contributed by atoms with Crippen LogP contribution in [0.5, 0.6) is 0 Å². The summed E-state index contributed by atoms with van der Waals surface area (Å²) in [5.74, 6) is 0. The van der Waals surface area contributed by atoms with Gasteiger partial charge in [0, 0.05) is 25.2 Å². The van der Waals surface area contributed by atoms with Crippen LogP contribution in [0.1, 0.15) is 0 Å². The first kappa shape index (κ1) is 11.9. The highest BCUT2D eigenvalue weighted by Gasteiger charge is 2.10. The van der Waals surface area contributed by atoms with Crippen molar-refractivity contribution in [2.75, 3.05) is 19.0 Å². The Labute approximate surface area is 101 Å². The number of nitrogens with two attached hydrogens (primary N) is 1. The molecule has 0 aliphatic heterocycles. The van der Waals surface area contributed by atoms with Crippen LogP contribution in [0.3, 0.4) is 0 Å². The topological polar surface area (TPSA) is 63.4 Å². The number of benzene rings is 2. The lowest BCUT2D eigenvalue weighted by molar-refractivity contribution is 0.598. The molecule has 0 aromatic heterocycles. The minimum absolute atomic E-state index is 0.138. The van der Waals surface area contributed by atoms with Gasteiger partial charge in [-0.05, 0) is 23.6 Å². The summed E-state index contributed by atoms with van der Waals surface area (Å²) in [7, 11) is 0.175. The molecule has 2 rings (SSSR count). The van der Waals surface area contributed by atoms with Crippen LogP contribution in [0.4, 0.5) is 5.69 Å². The van der Waals surface area contributed by atoms with Crippen molar-refractivity contribution in [3.05, 3.63) is 36.4 Å². The first-order chi connectivity index (χ1) is 7.89. The molecule has 5 heteroatoms. The Morgan fingerprint density at radius 3 is 2.41 bits per heavy atom. The van der Waals surface area contributed by atoms with E-state index < -0.39 is 10.0 Å². The third kappa shape index (κ3) is 2.25. The second kappa shape index (κ2) is 4.01. The van der Waals surface area contributed by atoms with Crippen LogP contribution >= 0.6 is 0 Å². The van der Waals surface area contributed by atoms with Crippen LogP contribution < -0.4 is 10.0 Å². The van der Waals surface area contributed by atoms with Crippen LogP contribution in [0, 0.1) is 0 Å². The van der Waals surface area contributed by atoms with Gasteiger partial charge in [-0.25, -0.2) is 13.6 Å². The molecule has 0 bridgehead atoms. The van der Waals surface area contributed by atoms with Gasteiger partial charge in [-0.1, -0.05) is 18.2 Å². The van der Waals surface area contributed by atoms with Gasteiger partial charge < -0.3 is 4.90 Å². The fraction of sp³-hybridized carbons (Fsp3) is 0.167. The zero-order chi connectivity index (χ0) is 12.6. The minimum Gasteiger partial charge on any atom is -0.377 e. The third-order valence-electron chi connectivity index (χ3n) is 2.64. The van der Waals surface area contributed by atoms with E-state index in [0.29, 0.717) is 0 Å². The molecule has 0 spiro atoms. The smallest absolute Gasteiger partial charge is 0.238 e. The summed E-state index contributed by atoms with van der Waals surface area (Å²) in [6, 6.07) is 10.7. The lowest BCUT2D eigenvalue weighted by Gasteiger charge is -2.15. The summed E-state index contributed by atoms with van der Waals surface area (Å²) in [5.41, 5.74) is 0.966. The first-order valence-electron chi connectivity index (χ1n) is 5.12. The summed E-state index contributed by atoms with van der Waals surface area (Å²) >= 11 is 0. The fourth-order valence-electron chi connectivity index (χ4n) is 1.80. The fourth-order valence-corrected chi connectivity index (χ4v) is 2.34. The van der Waals surface area contributed by atoms with E-state index in [4.69, 9.17) is 5.14 Å². The maximum Gasteiger partial charge on any atom is 0.238 e. The van der Waals surface area contributed by atoms with Crippen LogP contribution in [-0.2, 0) is 10.0 Å². The van der Waals surface area contributed by atoms with Gasteiger partial charge in [-0.15, -0.1) is 0 Å². The summed E-state index contributed by atoms with van der Waals surface area (Å²) in [6.45, 7) is 0. The van der Waals surface area contributed by atoms with Gasteiger partial charge in [0.05, 0.1) is 4.90 Å². The zero-order valence-electron chi connectivity index (χ0n) is 9.71. The van der Waals surface area contributed by atoms with Crippen LogP contribution in [0.25, 0.3) is 10.8 Å². The van der Waals surface area contributed by atoms with E-state index in [1.807, 2.05) is 37.2 Å². The quantitative estimate of drug-likeness (QED) is 0.879. The van der Waals surface area contributed by atoms with Gasteiger partial charge in [-0.3, -0.25) is 0 Å². The van der Waals surface area contributed by atoms with Gasteiger partial charge >= 0.3 is 0 Å². The van der Waals surface area contributed by atoms with Gasteiger partial charge in [0.2, 0.25) is 10.0 Å². The highest BCUT2D eigenvalue weighted by molar-refractivity contribution is 7.89. The molecule has 0 fully saturated rings. The molecule has 0 unspecified atom stereocenters. The number of primary sulfonamides is 1. The monoisotopic (exact) mass is 250 g/mol. The average Bonchev–Trinajstić information content (AvgIpc) is 2.26.